The standard InChI is InChI=1S/C17H26O4.C14H20O4/c1-12(2)16(19)21-11-14(18)10-20-15-8-6-13(7-9-15)17(3,4)5;1-10(2)18-14(16)8-12(15)9-17-13-6-4-11(3)5-7-13/h6-9,12,14,18H,10-11H2,1-5H3;4-7,10,12,15H,8-9H2,1-3H3. The number of ether oxygens (including phenoxy) is 4. The quantitative estimate of drug-likeness (QED) is 0.358. The molecule has 8 nitrogen and oxygen atoms in total. The summed E-state index contributed by atoms with van der Waals surface area (Å²) in [5.41, 5.74) is 2.47. The highest BCUT2D eigenvalue weighted by Gasteiger charge is 2.15. The predicted octanol–water partition coefficient (Wildman–Crippen LogP) is 5.00. The van der Waals surface area contributed by atoms with E-state index in [0.717, 1.165) is 5.56 Å². The van der Waals surface area contributed by atoms with Crippen molar-refractivity contribution in [2.75, 3.05) is 19.8 Å². The Morgan fingerprint density at radius 3 is 1.72 bits per heavy atom. The van der Waals surface area contributed by atoms with Crippen LogP contribution >= 0.6 is 0 Å². The first-order valence-corrected chi connectivity index (χ1v) is 13.3. The zero-order chi connectivity index (χ0) is 29.6. The molecule has 0 aliphatic carbocycles. The Kier molecular flexibility index (Phi) is 14.6. The van der Waals surface area contributed by atoms with Crippen LogP contribution in [0, 0.1) is 12.8 Å². The molecule has 0 heterocycles. The van der Waals surface area contributed by atoms with Crippen molar-refractivity contribution < 1.29 is 38.7 Å². The molecule has 0 saturated carbocycles. The minimum atomic E-state index is -0.849. The number of aliphatic hydroxyl groups is 2. The molecule has 2 unspecified atom stereocenters. The van der Waals surface area contributed by atoms with Gasteiger partial charge >= 0.3 is 11.9 Å². The van der Waals surface area contributed by atoms with E-state index in [1.54, 1.807) is 27.7 Å². The molecule has 8 heteroatoms. The molecule has 39 heavy (non-hydrogen) atoms. The molecule has 2 N–H and O–H groups in total. The highest BCUT2D eigenvalue weighted by molar-refractivity contribution is 5.71. The van der Waals surface area contributed by atoms with E-state index >= 15 is 0 Å². The maximum atomic E-state index is 11.3. The molecule has 0 aromatic heterocycles. The normalized spacial score (nSPS) is 12.7. The second kappa shape index (κ2) is 16.8. The summed E-state index contributed by atoms with van der Waals surface area (Å²) in [6, 6.07) is 15.3. The van der Waals surface area contributed by atoms with Crippen LogP contribution in [0.3, 0.4) is 0 Å². The van der Waals surface area contributed by atoms with Gasteiger partial charge in [-0.15, -0.1) is 0 Å². The fraction of sp³-hybridized carbons (Fsp3) is 0.548. The smallest absolute Gasteiger partial charge is 0.308 e. The van der Waals surface area contributed by atoms with Crippen molar-refractivity contribution in [3.8, 4) is 11.5 Å². The van der Waals surface area contributed by atoms with Crippen molar-refractivity contribution in [3.63, 3.8) is 0 Å². The molecule has 218 valence electrons. The van der Waals surface area contributed by atoms with Crippen LogP contribution in [0.2, 0.25) is 0 Å². The summed E-state index contributed by atoms with van der Waals surface area (Å²) in [5, 5.41) is 19.3. The minimum absolute atomic E-state index is 0.0446. The van der Waals surface area contributed by atoms with Crippen LogP contribution in [-0.4, -0.2) is 60.3 Å². The second-order valence-corrected chi connectivity index (χ2v) is 11.0. The van der Waals surface area contributed by atoms with E-state index in [1.165, 1.54) is 5.56 Å². The summed E-state index contributed by atoms with van der Waals surface area (Å²) in [6.07, 6.45) is -1.89. The lowest BCUT2D eigenvalue weighted by Gasteiger charge is -2.19. The van der Waals surface area contributed by atoms with E-state index in [4.69, 9.17) is 18.9 Å². The zero-order valence-electron chi connectivity index (χ0n) is 24.6. The number of hydrogen-bond donors (Lipinski definition) is 2. The third-order valence-electron chi connectivity index (χ3n) is 5.28. The molecule has 2 rings (SSSR count). The molecule has 0 amide bonds. The number of rotatable bonds is 12. The number of aryl methyl sites for hydroxylation is 1. The average Bonchev–Trinajstić information content (AvgIpc) is 2.85. The van der Waals surface area contributed by atoms with Crippen molar-refractivity contribution in [1.29, 1.82) is 0 Å². The van der Waals surface area contributed by atoms with Gasteiger partial charge in [0.05, 0.1) is 24.5 Å². The van der Waals surface area contributed by atoms with Gasteiger partial charge in [-0.1, -0.05) is 64.4 Å². The molecule has 0 aliphatic heterocycles. The van der Waals surface area contributed by atoms with Crippen LogP contribution in [0.1, 0.15) is 66.0 Å². The van der Waals surface area contributed by atoms with Gasteiger partial charge in [-0.05, 0) is 56.0 Å². The first-order valence-electron chi connectivity index (χ1n) is 13.3. The van der Waals surface area contributed by atoms with Crippen LogP contribution in [0.5, 0.6) is 11.5 Å². The Bertz CT molecular complexity index is 975. The highest BCUT2D eigenvalue weighted by Crippen LogP contribution is 2.24. The molecule has 0 bridgehead atoms. The Labute approximate surface area is 233 Å². The van der Waals surface area contributed by atoms with Gasteiger partial charge in [0, 0.05) is 0 Å². The maximum Gasteiger partial charge on any atom is 0.308 e. The lowest BCUT2D eigenvalue weighted by molar-refractivity contribution is -0.151. The van der Waals surface area contributed by atoms with Crippen LogP contribution in [0.15, 0.2) is 48.5 Å². The number of benzene rings is 2. The molecular weight excluding hydrogens is 500 g/mol. The summed E-state index contributed by atoms with van der Waals surface area (Å²) >= 11 is 0. The van der Waals surface area contributed by atoms with E-state index in [-0.39, 0.29) is 49.6 Å². The third kappa shape index (κ3) is 15.2. The number of esters is 2. The SMILES string of the molecule is CC(C)C(=O)OCC(O)COc1ccc(C(C)(C)C)cc1.Cc1ccc(OCC(O)CC(=O)OC(C)C)cc1. The largest absolute Gasteiger partial charge is 0.491 e. The molecule has 0 aliphatic rings. The van der Waals surface area contributed by atoms with Crippen molar-refractivity contribution in [1.82, 2.24) is 0 Å². The molecule has 0 fully saturated rings. The monoisotopic (exact) mass is 546 g/mol. The highest BCUT2D eigenvalue weighted by atomic mass is 16.6. The number of aliphatic hydroxyl groups excluding tert-OH is 2. The predicted molar refractivity (Wildman–Crippen MR) is 151 cm³/mol. The number of carbonyl (C=O) groups excluding carboxylic acids is 2. The van der Waals surface area contributed by atoms with Crippen molar-refractivity contribution in [2.45, 2.75) is 85.5 Å². The summed E-state index contributed by atoms with van der Waals surface area (Å²) in [6.45, 7) is 15.6. The van der Waals surface area contributed by atoms with Gasteiger partial charge in [0.15, 0.2) is 0 Å². The zero-order valence-corrected chi connectivity index (χ0v) is 24.6. The molecule has 2 aromatic carbocycles. The van der Waals surface area contributed by atoms with Gasteiger partial charge in [0.2, 0.25) is 0 Å². The van der Waals surface area contributed by atoms with Crippen LogP contribution < -0.4 is 9.47 Å². The fourth-order valence-corrected chi connectivity index (χ4v) is 3.03. The first-order chi connectivity index (χ1) is 18.2. The Morgan fingerprint density at radius 1 is 0.769 bits per heavy atom. The van der Waals surface area contributed by atoms with E-state index in [1.807, 2.05) is 55.5 Å². The van der Waals surface area contributed by atoms with Crippen molar-refractivity contribution >= 4 is 11.9 Å². The van der Waals surface area contributed by atoms with Gasteiger partial charge in [-0.2, -0.15) is 0 Å². The topological polar surface area (TPSA) is 112 Å². The Hall–Kier alpha value is -3.10. The van der Waals surface area contributed by atoms with Crippen molar-refractivity contribution in [3.05, 3.63) is 59.7 Å². The minimum Gasteiger partial charge on any atom is -0.491 e. The second-order valence-electron chi connectivity index (χ2n) is 11.0. The summed E-state index contributed by atoms with van der Waals surface area (Å²) in [5.74, 6) is 0.450. The molecule has 2 atom stereocenters. The number of carbonyl (C=O) groups is 2. The van der Waals surface area contributed by atoms with E-state index in [9.17, 15) is 19.8 Å². The number of hydrogen-bond acceptors (Lipinski definition) is 8. The van der Waals surface area contributed by atoms with Crippen molar-refractivity contribution in [2.24, 2.45) is 5.92 Å². The molecule has 0 saturated heterocycles. The first kappa shape index (κ1) is 33.9. The third-order valence-corrected chi connectivity index (χ3v) is 5.28. The fourth-order valence-electron chi connectivity index (χ4n) is 3.03. The molecule has 2 aromatic rings. The van der Waals surface area contributed by atoms with Gasteiger partial charge in [0.1, 0.15) is 37.4 Å². The Morgan fingerprint density at radius 2 is 1.26 bits per heavy atom. The molecular formula is C31H46O8. The Balaban J connectivity index is 0.000000395. The maximum absolute atomic E-state index is 11.3. The van der Waals surface area contributed by atoms with Crippen LogP contribution in [-0.2, 0) is 24.5 Å². The van der Waals surface area contributed by atoms with Crippen LogP contribution in [0.25, 0.3) is 0 Å². The average molecular weight is 547 g/mol. The van der Waals surface area contributed by atoms with E-state index < -0.39 is 18.2 Å². The summed E-state index contributed by atoms with van der Waals surface area (Å²) in [7, 11) is 0. The lowest BCUT2D eigenvalue weighted by Crippen LogP contribution is -2.26. The van der Waals surface area contributed by atoms with Gasteiger partial charge in [-0.25, -0.2) is 0 Å². The summed E-state index contributed by atoms with van der Waals surface area (Å²) < 4.78 is 20.7. The lowest BCUT2D eigenvalue weighted by atomic mass is 9.87. The summed E-state index contributed by atoms with van der Waals surface area (Å²) in [4.78, 5) is 22.6. The molecule has 0 spiro atoms. The van der Waals surface area contributed by atoms with Crippen LogP contribution in [0.4, 0.5) is 0 Å². The van der Waals surface area contributed by atoms with Gasteiger partial charge < -0.3 is 29.2 Å². The van der Waals surface area contributed by atoms with E-state index in [0.29, 0.717) is 11.5 Å². The van der Waals surface area contributed by atoms with Gasteiger partial charge in [0.25, 0.3) is 0 Å². The van der Waals surface area contributed by atoms with E-state index in [2.05, 4.69) is 20.8 Å². The van der Waals surface area contributed by atoms with Gasteiger partial charge in [-0.3, -0.25) is 9.59 Å². The molecule has 0 radical (unpaired) electrons.